The zero-order valence-corrected chi connectivity index (χ0v) is 15.6. The average Bonchev–Trinajstić information content (AvgIpc) is 2.94. The van der Waals surface area contributed by atoms with Crippen LogP contribution in [0.5, 0.6) is 5.75 Å². The van der Waals surface area contributed by atoms with Crippen LogP contribution in [-0.4, -0.2) is 11.1 Å². The van der Waals surface area contributed by atoms with Gasteiger partial charge < -0.3 is 14.6 Å². The van der Waals surface area contributed by atoms with Gasteiger partial charge in [-0.3, -0.25) is 4.79 Å². The Morgan fingerprint density at radius 1 is 1.15 bits per heavy atom. The Bertz CT molecular complexity index is 913. The van der Waals surface area contributed by atoms with E-state index >= 15 is 0 Å². The molecule has 0 saturated heterocycles. The summed E-state index contributed by atoms with van der Waals surface area (Å²) in [6, 6.07) is 12.3. The molecule has 0 saturated carbocycles. The van der Waals surface area contributed by atoms with Gasteiger partial charge in [-0.15, -0.1) is 0 Å². The number of carbonyl (C=O) groups excluding carboxylic acids is 1. The van der Waals surface area contributed by atoms with Crippen LogP contribution in [0.2, 0.25) is 5.02 Å². The Balaban J connectivity index is 1.64. The number of nitrogens with zero attached hydrogens (tertiary/aromatic N) is 1. The molecule has 0 bridgehead atoms. The van der Waals surface area contributed by atoms with Gasteiger partial charge in [-0.1, -0.05) is 16.8 Å². The van der Waals surface area contributed by atoms with Crippen molar-refractivity contribution in [3.63, 3.8) is 0 Å². The fourth-order valence-electron chi connectivity index (χ4n) is 2.53. The van der Waals surface area contributed by atoms with Crippen molar-refractivity contribution in [1.82, 2.24) is 5.16 Å². The number of aryl methyl sites for hydroxylation is 3. The lowest BCUT2D eigenvalue weighted by Gasteiger charge is -2.10. The highest BCUT2D eigenvalue weighted by atomic mass is 35.5. The SMILES string of the molecule is Cc1cc(Cl)ccc1NC(=O)c1ccc(OCc2c(C)noc2C)cc1. The molecule has 134 valence electrons. The molecule has 3 rings (SSSR count). The molecule has 0 radical (unpaired) electrons. The molecule has 3 aromatic rings. The maximum Gasteiger partial charge on any atom is 0.255 e. The van der Waals surface area contributed by atoms with Crippen molar-refractivity contribution in [2.24, 2.45) is 0 Å². The van der Waals surface area contributed by atoms with E-state index in [0.29, 0.717) is 22.9 Å². The predicted octanol–water partition coefficient (Wildman–Crippen LogP) is 5.08. The Morgan fingerprint density at radius 2 is 1.88 bits per heavy atom. The van der Waals surface area contributed by atoms with E-state index in [1.54, 1.807) is 36.4 Å². The number of amides is 1. The first-order valence-corrected chi connectivity index (χ1v) is 8.54. The van der Waals surface area contributed by atoms with Gasteiger partial charge in [-0.25, -0.2) is 0 Å². The summed E-state index contributed by atoms with van der Waals surface area (Å²) in [5, 5.41) is 7.42. The highest BCUT2D eigenvalue weighted by Gasteiger charge is 2.11. The van der Waals surface area contributed by atoms with E-state index in [9.17, 15) is 4.79 Å². The van der Waals surface area contributed by atoms with Gasteiger partial charge >= 0.3 is 0 Å². The standard InChI is InChI=1S/C20H19ClN2O3/c1-12-10-16(21)6-9-19(12)22-20(24)15-4-7-17(8-5-15)25-11-18-13(2)23-26-14(18)3/h4-10H,11H2,1-3H3,(H,22,24). The number of carbonyl (C=O) groups is 1. The molecule has 1 N–H and O–H groups in total. The number of ether oxygens (including phenoxy) is 1. The summed E-state index contributed by atoms with van der Waals surface area (Å²) in [5.41, 5.74) is 3.94. The molecule has 0 aliphatic rings. The van der Waals surface area contributed by atoms with Gasteiger partial charge in [0.25, 0.3) is 5.91 Å². The van der Waals surface area contributed by atoms with Crippen molar-refractivity contribution >= 4 is 23.2 Å². The van der Waals surface area contributed by atoms with Crippen LogP contribution in [0, 0.1) is 20.8 Å². The van der Waals surface area contributed by atoms with Crippen LogP contribution < -0.4 is 10.1 Å². The summed E-state index contributed by atoms with van der Waals surface area (Å²) < 4.78 is 10.9. The smallest absolute Gasteiger partial charge is 0.255 e. The second kappa shape index (κ2) is 7.62. The molecular formula is C20H19ClN2O3. The number of rotatable bonds is 5. The van der Waals surface area contributed by atoms with Gasteiger partial charge in [-0.2, -0.15) is 0 Å². The molecule has 0 aliphatic carbocycles. The van der Waals surface area contributed by atoms with Crippen molar-refractivity contribution in [1.29, 1.82) is 0 Å². The van der Waals surface area contributed by atoms with Crippen molar-refractivity contribution in [2.75, 3.05) is 5.32 Å². The first-order valence-electron chi connectivity index (χ1n) is 8.16. The first-order chi connectivity index (χ1) is 12.4. The van der Waals surface area contributed by atoms with E-state index in [-0.39, 0.29) is 5.91 Å². The Labute approximate surface area is 156 Å². The number of halogens is 1. The van der Waals surface area contributed by atoms with E-state index < -0.39 is 0 Å². The van der Waals surface area contributed by atoms with Crippen LogP contribution in [0.15, 0.2) is 47.0 Å². The van der Waals surface area contributed by atoms with Gasteiger partial charge in [0.05, 0.1) is 11.3 Å². The van der Waals surface area contributed by atoms with Gasteiger partial charge in [0, 0.05) is 16.3 Å². The molecule has 0 unspecified atom stereocenters. The lowest BCUT2D eigenvalue weighted by atomic mass is 10.1. The fraction of sp³-hybridized carbons (Fsp3) is 0.200. The molecule has 1 amide bonds. The van der Waals surface area contributed by atoms with Gasteiger partial charge in [0.1, 0.15) is 18.1 Å². The number of hydrogen-bond donors (Lipinski definition) is 1. The minimum Gasteiger partial charge on any atom is -0.489 e. The van der Waals surface area contributed by atoms with Crippen molar-refractivity contribution in [2.45, 2.75) is 27.4 Å². The summed E-state index contributed by atoms with van der Waals surface area (Å²) in [6.07, 6.45) is 0. The van der Waals surface area contributed by atoms with Crippen LogP contribution in [0.3, 0.4) is 0 Å². The minimum atomic E-state index is -0.187. The van der Waals surface area contributed by atoms with Crippen LogP contribution in [-0.2, 0) is 6.61 Å². The molecule has 6 heteroatoms. The van der Waals surface area contributed by atoms with Gasteiger partial charge in [-0.05, 0) is 68.8 Å². The minimum absolute atomic E-state index is 0.187. The number of hydrogen-bond acceptors (Lipinski definition) is 4. The summed E-state index contributed by atoms with van der Waals surface area (Å²) in [4.78, 5) is 12.4. The van der Waals surface area contributed by atoms with Crippen LogP contribution in [0.25, 0.3) is 0 Å². The lowest BCUT2D eigenvalue weighted by molar-refractivity contribution is 0.102. The molecule has 2 aromatic carbocycles. The summed E-state index contributed by atoms with van der Waals surface area (Å²) in [5.74, 6) is 1.23. The molecular weight excluding hydrogens is 352 g/mol. The number of benzene rings is 2. The van der Waals surface area contributed by atoms with E-state index in [2.05, 4.69) is 10.5 Å². The Hall–Kier alpha value is -2.79. The molecule has 26 heavy (non-hydrogen) atoms. The van der Waals surface area contributed by atoms with Gasteiger partial charge in [0.15, 0.2) is 0 Å². The van der Waals surface area contributed by atoms with Crippen molar-refractivity contribution in [3.05, 3.63) is 75.6 Å². The van der Waals surface area contributed by atoms with Crippen LogP contribution in [0.4, 0.5) is 5.69 Å². The van der Waals surface area contributed by atoms with Crippen molar-refractivity contribution in [3.8, 4) is 5.75 Å². The largest absolute Gasteiger partial charge is 0.489 e. The fourth-order valence-corrected chi connectivity index (χ4v) is 2.75. The molecule has 0 fully saturated rings. The average molecular weight is 371 g/mol. The molecule has 1 heterocycles. The van der Waals surface area contributed by atoms with Crippen molar-refractivity contribution < 1.29 is 14.1 Å². The Morgan fingerprint density at radius 3 is 2.50 bits per heavy atom. The summed E-state index contributed by atoms with van der Waals surface area (Å²) in [7, 11) is 0. The maximum absolute atomic E-state index is 12.4. The predicted molar refractivity (Wildman–Crippen MR) is 101 cm³/mol. The molecule has 5 nitrogen and oxygen atoms in total. The topological polar surface area (TPSA) is 64.4 Å². The molecule has 1 aromatic heterocycles. The second-order valence-corrected chi connectivity index (χ2v) is 6.47. The molecule has 0 atom stereocenters. The first kappa shape index (κ1) is 18.0. The van der Waals surface area contributed by atoms with Crippen LogP contribution >= 0.6 is 11.6 Å². The third-order valence-electron chi connectivity index (χ3n) is 4.12. The molecule has 0 aliphatic heterocycles. The maximum atomic E-state index is 12.4. The monoisotopic (exact) mass is 370 g/mol. The zero-order valence-electron chi connectivity index (χ0n) is 14.8. The summed E-state index contributed by atoms with van der Waals surface area (Å²) in [6.45, 7) is 6.00. The third-order valence-corrected chi connectivity index (χ3v) is 4.35. The van der Waals surface area contributed by atoms with Crippen LogP contribution in [0.1, 0.15) is 32.9 Å². The third kappa shape index (κ3) is 4.06. The number of aromatic nitrogens is 1. The van der Waals surface area contributed by atoms with Gasteiger partial charge in [0.2, 0.25) is 0 Å². The summed E-state index contributed by atoms with van der Waals surface area (Å²) >= 11 is 5.94. The Kier molecular flexibility index (Phi) is 5.28. The number of anilines is 1. The zero-order chi connectivity index (χ0) is 18.7. The highest BCUT2D eigenvalue weighted by molar-refractivity contribution is 6.30. The normalized spacial score (nSPS) is 10.6. The van der Waals surface area contributed by atoms with E-state index in [1.807, 2.05) is 26.8 Å². The second-order valence-electron chi connectivity index (χ2n) is 6.03. The molecule has 0 spiro atoms. The number of nitrogens with one attached hydrogen (secondary N) is 1. The quantitative estimate of drug-likeness (QED) is 0.679. The van der Waals surface area contributed by atoms with E-state index in [1.165, 1.54) is 0 Å². The lowest BCUT2D eigenvalue weighted by Crippen LogP contribution is -2.12. The van der Waals surface area contributed by atoms with E-state index in [4.69, 9.17) is 20.9 Å². The van der Waals surface area contributed by atoms with E-state index in [0.717, 1.165) is 28.3 Å². The highest BCUT2D eigenvalue weighted by Crippen LogP contribution is 2.21.